The number of aromatic nitrogens is 1. The fraction of sp³-hybridized carbons (Fsp3) is 0.263. The van der Waals surface area contributed by atoms with Crippen LogP contribution in [0.5, 0.6) is 5.75 Å². The second-order valence-electron chi connectivity index (χ2n) is 5.83. The molecule has 0 N–H and O–H groups in total. The van der Waals surface area contributed by atoms with Gasteiger partial charge in [0.25, 0.3) is 0 Å². The molecule has 2 aromatic carbocycles. The molecule has 0 unspecified atom stereocenters. The van der Waals surface area contributed by atoms with Gasteiger partial charge in [0.1, 0.15) is 15.8 Å². The van der Waals surface area contributed by atoms with Crippen LogP contribution < -0.4 is 4.74 Å². The fourth-order valence-electron chi connectivity index (χ4n) is 2.47. The number of hydrogen-bond donors (Lipinski definition) is 0. The van der Waals surface area contributed by atoms with E-state index in [0.29, 0.717) is 41.8 Å². The van der Waals surface area contributed by atoms with E-state index >= 15 is 0 Å². The first kappa shape index (κ1) is 19.0. The van der Waals surface area contributed by atoms with Gasteiger partial charge in [0, 0.05) is 13.5 Å². The molecule has 3 aromatic rings. The minimum absolute atomic E-state index is 0.0602. The Bertz CT molecular complexity index is 880. The van der Waals surface area contributed by atoms with Crippen molar-refractivity contribution in [2.45, 2.75) is 19.4 Å². The first-order valence-electron chi connectivity index (χ1n) is 8.20. The SMILES string of the molecule is CN(Cc1nc2ccccc2s1)C(=O)CCCOc1cccc(Cl)c1Cl. The van der Waals surface area contributed by atoms with Crippen molar-refractivity contribution < 1.29 is 9.53 Å². The van der Waals surface area contributed by atoms with E-state index < -0.39 is 0 Å². The normalized spacial score (nSPS) is 10.9. The Labute approximate surface area is 166 Å². The molecular formula is C19H18Cl2N2O2S. The number of carbonyl (C=O) groups is 1. The Balaban J connectivity index is 1.46. The zero-order valence-corrected chi connectivity index (χ0v) is 16.6. The molecule has 0 radical (unpaired) electrons. The molecule has 0 bridgehead atoms. The number of hydrogen-bond acceptors (Lipinski definition) is 4. The van der Waals surface area contributed by atoms with Gasteiger partial charge in [-0.25, -0.2) is 4.98 Å². The van der Waals surface area contributed by atoms with Crippen molar-refractivity contribution in [1.82, 2.24) is 9.88 Å². The molecule has 1 heterocycles. The van der Waals surface area contributed by atoms with Crippen LogP contribution >= 0.6 is 34.5 Å². The Kier molecular flexibility index (Phi) is 6.35. The van der Waals surface area contributed by atoms with Crippen LogP contribution in [-0.2, 0) is 11.3 Å². The van der Waals surface area contributed by atoms with E-state index in [1.54, 1.807) is 41.5 Å². The number of nitrogens with zero attached hydrogens (tertiary/aromatic N) is 2. The molecule has 7 heteroatoms. The zero-order valence-electron chi connectivity index (χ0n) is 14.2. The number of para-hydroxylation sites is 1. The van der Waals surface area contributed by atoms with Crippen molar-refractivity contribution in [2.24, 2.45) is 0 Å². The highest BCUT2D eigenvalue weighted by Crippen LogP contribution is 2.31. The Hall–Kier alpha value is -1.82. The number of fused-ring (bicyclic) bond motifs is 1. The quantitative estimate of drug-likeness (QED) is 0.490. The maximum Gasteiger partial charge on any atom is 0.222 e. The third kappa shape index (κ3) is 4.67. The summed E-state index contributed by atoms with van der Waals surface area (Å²) in [6.45, 7) is 0.917. The van der Waals surface area contributed by atoms with Crippen LogP contribution in [0.2, 0.25) is 10.0 Å². The van der Waals surface area contributed by atoms with Gasteiger partial charge in [-0.2, -0.15) is 0 Å². The number of ether oxygens (including phenoxy) is 1. The first-order valence-corrected chi connectivity index (χ1v) is 9.77. The molecule has 4 nitrogen and oxygen atoms in total. The van der Waals surface area contributed by atoms with E-state index in [1.165, 1.54) is 0 Å². The maximum atomic E-state index is 12.3. The van der Waals surface area contributed by atoms with Gasteiger partial charge in [-0.15, -0.1) is 11.3 Å². The average Bonchev–Trinajstić information content (AvgIpc) is 3.04. The lowest BCUT2D eigenvalue weighted by Gasteiger charge is -2.15. The predicted octanol–water partition coefficient (Wildman–Crippen LogP) is 5.42. The van der Waals surface area contributed by atoms with Gasteiger partial charge in [-0.1, -0.05) is 41.4 Å². The van der Waals surface area contributed by atoms with Crippen LogP contribution in [0.3, 0.4) is 0 Å². The zero-order chi connectivity index (χ0) is 18.5. The predicted molar refractivity (Wildman–Crippen MR) is 107 cm³/mol. The highest BCUT2D eigenvalue weighted by Gasteiger charge is 2.12. The summed E-state index contributed by atoms with van der Waals surface area (Å²) in [5.74, 6) is 0.597. The Morgan fingerprint density at radius 1 is 1.19 bits per heavy atom. The largest absolute Gasteiger partial charge is 0.492 e. The number of thiazole rings is 1. The van der Waals surface area contributed by atoms with Crippen LogP contribution in [0.15, 0.2) is 42.5 Å². The lowest BCUT2D eigenvalue weighted by atomic mass is 10.3. The molecule has 0 aliphatic heterocycles. The molecule has 0 aliphatic rings. The van der Waals surface area contributed by atoms with Gasteiger partial charge in [0.05, 0.1) is 28.4 Å². The van der Waals surface area contributed by atoms with Gasteiger partial charge in [0.2, 0.25) is 5.91 Å². The van der Waals surface area contributed by atoms with E-state index in [1.807, 2.05) is 24.3 Å². The van der Waals surface area contributed by atoms with E-state index in [0.717, 1.165) is 15.2 Å². The first-order chi connectivity index (χ1) is 12.5. The van der Waals surface area contributed by atoms with Crippen molar-refractivity contribution >= 4 is 50.7 Å². The molecule has 0 saturated carbocycles. The van der Waals surface area contributed by atoms with Crippen molar-refractivity contribution in [3.63, 3.8) is 0 Å². The van der Waals surface area contributed by atoms with Gasteiger partial charge >= 0.3 is 0 Å². The number of rotatable bonds is 7. The third-order valence-corrected chi connectivity index (χ3v) is 5.67. The minimum Gasteiger partial charge on any atom is -0.492 e. The minimum atomic E-state index is 0.0602. The van der Waals surface area contributed by atoms with Crippen LogP contribution in [0.25, 0.3) is 10.2 Å². The van der Waals surface area contributed by atoms with Gasteiger partial charge < -0.3 is 9.64 Å². The van der Waals surface area contributed by atoms with Crippen molar-refractivity contribution in [1.29, 1.82) is 0 Å². The van der Waals surface area contributed by atoms with Crippen LogP contribution in [-0.4, -0.2) is 29.4 Å². The molecule has 26 heavy (non-hydrogen) atoms. The number of carbonyl (C=O) groups excluding carboxylic acids is 1. The lowest BCUT2D eigenvalue weighted by Crippen LogP contribution is -2.26. The van der Waals surface area contributed by atoms with Gasteiger partial charge in [-0.05, 0) is 30.7 Å². The Morgan fingerprint density at radius 2 is 2.00 bits per heavy atom. The van der Waals surface area contributed by atoms with Gasteiger partial charge in [-0.3, -0.25) is 4.79 Å². The molecular weight excluding hydrogens is 391 g/mol. The molecule has 0 aliphatic carbocycles. The highest BCUT2D eigenvalue weighted by atomic mass is 35.5. The van der Waals surface area contributed by atoms with E-state index in [4.69, 9.17) is 27.9 Å². The summed E-state index contributed by atoms with van der Waals surface area (Å²) in [5, 5.41) is 1.79. The van der Waals surface area contributed by atoms with E-state index in [9.17, 15) is 4.79 Å². The molecule has 0 fully saturated rings. The molecule has 3 rings (SSSR count). The van der Waals surface area contributed by atoms with Crippen LogP contribution in [0.4, 0.5) is 0 Å². The highest BCUT2D eigenvalue weighted by molar-refractivity contribution is 7.18. The summed E-state index contributed by atoms with van der Waals surface area (Å²) in [7, 11) is 1.79. The lowest BCUT2D eigenvalue weighted by molar-refractivity contribution is -0.130. The summed E-state index contributed by atoms with van der Waals surface area (Å²) in [5.41, 5.74) is 0.972. The summed E-state index contributed by atoms with van der Waals surface area (Å²) < 4.78 is 6.74. The Morgan fingerprint density at radius 3 is 2.81 bits per heavy atom. The van der Waals surface area contributed by atoms with Crippen LogP contribution in [0.1, 0.15) is 17.8 Å². The molecule has 1 amide bonds. The average molecular weight is 409 g/mol. The standard InChI is InChI=1S/C19H18Cl2N2O2S/c1-23(12-17-22-14-7-2-3-9-16(14)26-17)18(24)10-5-11-25-15-8-4-6-13(20)19(15)21/h2-4,6-9H,5,10-12H2,1H3. The molecule has 1 aromatic heterocycles. The number of amides is 1. The smallest absolute Gasteiger partial charge is 0.222 e. The summed E-state index contributed by atoms with van der Waals surface area (Å²) >= 11 is 13.6. The van der Waals surface area contributed by atoms with E-state index in [-0.39, 0.29) is 5.91 Å². The van der Waals surface area contributed by atoms with Crippen LogP contribution in [0, 0.1) is 0 Å². The number of halogens is 2. The second kappa shape index (κ2) is 8.71. The third-order valence-electron chi connectivity index (χ3n) is 3.85. The molecule has 0 saturated heterocycles. The van der Waals surface area contributed by atoms with Crippen molar-refractivity contribution in [3.8, 4) is 5.75 Å². The summed E-state index contributed by atoms with van der Waals surface area (Å²) in [6, 6.07) is 13.2. The maximum absolute atomic E-state index is 12.3. The van der Waals surface area contributed by atoms with Crippen molar-refractivity contribution in [3.05, 3.63) is 57.5 Å². The topological polar surface area (TPSA) is 42.4 Å². The number of benzene rings is 2. The fourth-order valence-corrected chi connectivity index (χ4v) is 3.84. The van der Waals surface area contributed by atoms with Gasteiger partial charge in [0.15, 0.2) is 0 Å². The monoisotopic (exact) mass is 408 g/mol. The molecule has 0 spiro atoms. The molecule has 0 atom stereocenters. The second-order valence-corrected chi connectivity index (χ2v) is 7.73. The molecule has 136 valence electrons. The summed E-state index contributed by atoms with van der Waals surface area (Å²) in [6.07, 6.45) is 1.01. The van der Waals surface area contributed by atoms with Crippen molar-refractivity contribution in [2.75, 3.05) is 13.7 Å². The van der Waals surface area contributed by atoms with E-state index in [2.05, 4.69) is 4.98 Å². The summed E-state index contributed by atoms with van der Waals surface area (Å²) in [4.78, 5) is 18.6.